The average molecular weight is 283 g/mol. The molecule has 0 fully saturated rings. The van der Waals surface area contributed by atoms with Crippen molar-refractivity contribution in [3.63, 3.8) is 0 Å². The van der Waals surface area contributed by atoms with Gasteiger partial charge in [-0.1, -0.05) is 0 Å². The fourth-order valence-corrected chi connectivity index (χ4v) is 1.74. The summed E-state index contributed by atoms with van der Waals surface area (Å²) in [6, 6.07) is 3.21. The van der Waals surface area contributed by atoms with E-state index in [1.807, 2.05) is 12.1 Å². The molecule has 20 heavy (non-hydrogen) atoms. The van der Waals surface area contributed by atoms with E-state index in [1.165, 1.54) is 0 Å². The minimum atomic E-state index is -0.528. The van der Waals surface area contributed by atoms with Gasteiger partial charge in [0.1, 0.15) is 0 Å². The van der Waals surface area contributed by atoms with Crippen LogP contribution in [0.1, 0.15) is 5.56 Å². The molecule has 0 aliphatic carbocycles. The molecule has 0 saturated carbocycles. The van der Waals surface area contributed by atoms with Crippen LogP contribution in [0, 0.1) is 0 Å². The predicted octanol–water partition coefficient (Wildman–Crippen LogP) is 0.470. The molecule has 0 radical (unpaired) electrons. The van der Waals surface area contributed by atoms with Gasteiger partial charge in [0.15, 0.2) is 11.5 Å². The van der Waals surface area contributed by atoms with E-state index in [4.69, 9.17) is 19.9 Å². The number of carbonyl (C=O) groups excluding carboxylic acids is 1. The monoisotopic (exact) mass is 283 g/mol. The summed E-state index contributed by atoms with van der Waals surface area (Å²) in [7, 11) is 4.71. The molecule has 2 amide bonds. The molecule has 0 atom stereocenters. The number of primary amides is 1. The summed E-state index contributed by atoms with van der Waals surface area (Å²) in [5, 5.41) is 5.68. The van der Waals surface area contributed by atoms with E-state index in [0.717, 1.165) is 5.56 Å². The number of methoxy groups -OCH3 is 3. The zero-order valence-corrected chi connectivity index (χ0v) is 12.0. The second kappa shape index (κ2) is 8.11. The van der Waals surface area contributed by atoms with Gasteiger partial charge >= 0.3 is 6.03 Å². The van der Waals surface area contributed by atoms with Crippen LogP contribution in [0.3, 0.4) is 0 Å². The standard InChI is InChI=1S/C13H21N3O4/c1-18-10-6-9(7-11(19-2)12(10)20-3)8-15-4-5-16-13(14)17/h6-7,15H,4-5,8H2,1-3H3,(H3,14,16,17). The molecule has 4 N–H and O–H groups in total. The lowest BCUT2D eigenvalue weighted by molar-refractivity contribution is 0.249. The molecule has 0 spiro atoms. The highest BCUT2D eigenvalue weighted by Crippen LogP contribution is 2.38. The molecule has 112 valence electrons. The first-order valence-electron chi connectivity index (χ1n) is 6.15. The van der Waals surface area contributed by atoms with Crippen molar-refractivity contribution < 1.29 is 19.0 Å². The lowest BCUT2D eigenvalue weighted by Gasteiger charge is -2.14. The van der Waals surface area contributed by atoms with Gasteiger partial charge < -0.3 is 30.6 Å². The van der Waals surface area contributed by atoms with Crippen LogP contribution >= 0.6 is 0 Å². The predicted molar refractivity (Wildman–Crippen MR) is 75.4 cm³/mol. The van der Waals surface area contributed by atoms with Crippen molar-refractivity contribution in [3.05, 3.63) is 17.7 Å². The van der Waals surface area contributed by atoms with Crippen LogP contribution in [-0.4, -0.2) is 40.5 Å². The third kappa shape index (κ3) is 4.51. The second-order valence-electron chi connectivity index (χ2n) is 4.00. The Hall–Kier alpha value is -2.15. The van der Waals surface area contributed by atoms with Crippen LogP contribution in [0.15, 0.2) is 12.1 Å². The first kappa shape index (κ1) is 15.9. The Bertz CT molecular complexity index is 426. The average Bonchev–Trinajstić information content (AvgIpc) is 2.45. The number of hydrogen-bond acceptors (Lipinski definition) is 5. The van der Waals surface area contributed by atoms with Gasteiger partial charge in [0, 0.05) is 19.6 Å². The zero-order valence-electron chi connectivity index (χ0n) is 12.0. The van der Waals surface area contributed by atoms with Crippen LogP contribution in [0.25, 0.3) is 0 Å². The third-order valence-corrected chi connectivity index (χ3v) is 2.65. The Morgan fingerprint density at radius 1 is 1.10 bits per heavy atom. The van der Waals surface area contributed by atoms with Crippen LogP contribution in [0.5, 0.6) is 17.2 Å². The van der Waals surface area contributed by atoms with E-state index in [-0.39, 0.29) is 0 Å². The summed E-state index contributed by atoms with van der Waals surface area (Å²) in [6.07, 6.45) is 0. The molecule has 7 heteroatoms. The SMILES string of the molecule is COc1cc(CNCCNC(N)=O)cc(OC)c1OC. The third-order valence-electron chi connectivity index (χ3n) is 2.65. The topological polar surface area (TPSA) is 94.8 Å². The van der Waals surface area contributed by atoms with Gasteiger partial charge in [-0.25, -0.2) is 4.79 Å². The van der Waals surface area contributed by atoms with Crippen molar-refractivity contribution in [3.8, 4) is 17.2 Å². The Kier molecular flexibility index (Phi) is 6.45. The fourth-order valence-electron chi connectivity index (χ4n) is 1.74. The number of urea groups is 1. The lowest BCUT2D eigenvalue weighted by Crippen LogP contribution is -2.35. The maximum atomic E-state index is 10.5. The summed E-state index contributed by atoms with van der Waals surface area (Å²) in [5.41, 5.74) is 5.95. The number of amides is 2. The van der Waals surface area contributed by atoms with E-state index in [1.54, 1.807) is 21.3 Å². The molecule has 0 saturated heterocycles. The highest BCUT2D eigenvalue weighted by molar-refractivity contribution is 5.71. The van der Waals surface area contributed by atoms with Crippen LogP contribution < -0.4 is 30.6 Å². The molecule has 0 heterocycles. The van der Waals surface area contributed by atoms with Gasteiger partial charge in [-0.15, -0.1) is 0 Å². The molecule has 1 aromatic carbocycles. The number of carbonyl (C=O) groups is 1. The van der Waals surface area contributed by atoms with E-state index in [0.29, 0.717) is 36.9 Å². The largest absolute Gasteiger partial charge is 0.493 e. The molecular weight excluding hydrogens is 262 g/mol. The van der Waals surface area contributed by atoms with Gasteiger partial charge in [0.2, 0.25) is 5.75 Å². The fraction of sp³-hybridized carbons (Fsp3) is 0.462. The highest BCUT2D eigenvalue weighted by Gasteiger charge is 2.12. The molecule has 0 aliphatic rings. The minimum Gasteiger partial charge on any atom is -0.493 e. The lowest BCUT2D eigenvalue weighted by atomic mass is 10.2. The molecule has 0 aromatic heterocycles. The van der Waals surface area contributed by atoms with E-state index in [2.05, 4.69) is 10.6 Å². The summed E-state index contributed by atoms with van der Waals surface area (Å²) in [4.78, 5) is 10.5. The number of hydrogen-bond donors (Lipinski definition) is 3. The summed E-state index contributed by atoms with van der Waals surface area (Å²) in [5.74, 6) is 1.78. The quantitative estimate of drug-likeness (QED) is 0.603. The van der Waals surface area contributed by atoms with E-state index < -0.39 is 6.03 Å². The Labute approximate surface area is 118 Å². The maximum absolute atomic E-state index is 10.5. The minimum absolute atomic E-state index is 0.472. The molecule has 1 rings (SSSR count). The van der Waals surface area contributed by atoms with Gasteiger partial charge in [0.05, 0.1) is 21.3 Å². The Balaban J connectivity index is 2.64. The van der Waals surface area contributed by atoms with Gasteiger partial charge in [-0.2, -0.15) is 0 Å². The first-order chi connectivity index (χ1) is 9.62. The zero-order chi connectivity index (χ0) is 15.0. The van der Waals surface area contributed by atoms with Crippen LogP contribution in [-0.2, 0) is 6.54 Å². The van der Waals surface area contributed by atoms with Crippen molar-refractivity contribution >= 4 is 6.03 Å². The van der Waals surface area contributed by atoms with Crippen LogP contribution in [0.4, 0.5) is 4.79 Å². The summed E-state index contributed by atoms with van der Waals surface area (Å²) >= 11 is 0. The van der Waals surface area contributed by atoms with Crippen molar-refractivity contribution in [1.29, 1.82) is 0 Å². The molecule has 0 bridgehead atoms. The highest BCUT2D eigenvalue weighted by atomic mass is 16.5. The molecule has 0 aliphatic heterocycles. The van der Waals surface area contributed by atoms with Gasteiger partial charge in [-0.05, 0) is 17.7 Å². The number of nitrogens with one attached hydrogen (secondary N) is 2. The number of ether oxygens (including phenoxy) is 3. The number of nitrogens with two attached hydrogens (primary N) is 1. The molecule has 7 nitrogen and oxygen atoms in total. The van der Waals surface area contributed by atoms with Gasteiger partial charge in [0.25, 0.3) is 0 Å². The van der Waals surface area contributed by atoms with Gasteiger partial charge in [-0.3, -0.25) is 0 Å². The normalized spacial score (nSPS) is 9.95. The molecule has 1 aromatic rings. The van der Waals surface area contributed by atoms with Crippen molar-refractivity contribution in [2.75, 3.05) is 34.4 Å². The number of benzene rings is 1. The summed E-state index contributed by atoms with van der Waals surface area (Å²) < 4.78 is 15.8. The van der Waals surface area contributed by atoms with E-state index >= 15 is 0 Å². The second-order valence-corrected chi connectivity index (χ2v) is 4.00. The van der Waals surface area contributed by atoms with Crippen molar-refractivity contribution in [2.45, 2.75) is 6.54 Å². The maximum Gasteiger partial charge on any atom is 0.312 e. The summed E-state index contributed by atoms with van der Waals surface area (Å²) in [6.45, 7) is 1.69. The molecular formula is C13H21N3O4. The number of rotatable bonds is 8. The Morgan fingerprint density at radius 2 is 1.70 bits per heavy atom. The Morgan fingerprint density at radius 3 is 2.15 bits per heavy atom. The first-order valence-corrected chi connectivity index (χ1v) is 6.15. The van der Waals surface area contributed by atoms with Crippen molar-refractivity contribution in [2.24, 2.45) is 5.73 Å². The van der Waals surface area contributed by atoms with Crippen molar-refractivity contribution in [1.82, 2.24) is 10.6 Å². The smallest absolute Gasteiger partial charge is 0.312 e. The van der Waals surface area contributed by atoms with Crippen LogP contribution in [0.2, 0.25) is 0 Å². The molecule has 0 unspecified atom stereocenters. The van der Waals surface area contributed by atoms with E-state index in [9.17, 15) is 4.79 Å².